The molecule has 1 aromatic heterocycles. The summed E-state index contributed by atoms with van der Waals surface area (Å²) in [6, 6.07) is 7.76. The van der Waals surface area contributed by atoms with Gasteiger partial charge in [0, 0.05) is 0 Å². The summed E-state index contributed by atoms with van der Waals surface area (Å²) in [6.45, 7) is 4.01. The lowest BCUT2D eigenvalue weighted by molar-refractivity contribution is 0.257. The molecule has 1 unspecified atom stereocenters. The number of ether oxygens (including phenoxy) is 1. The molecule has 0 fully saturated rings. The van der Waals surface area contributed by atoms with Gasteiger partial charge in [0.15, 0.2) is 6.61 Å². The van der Waals surface area contributed by atoms with Gasteiger partial charge in [-0.25, -0.2) is 0 Å². The highest BCUT2D eigenvalue weighted by molar-refractivity contribution is 6.20. The van der Waals surface area contributed by atoms with E-state index in [-0.39, 0.29) is 12.0 Å². The van der Waals surface area contributed by atoms with Crippen LogP contribution in [0.5, 0.6) is 5.75 Å². The van der Waals surface area contributed by atoms with Crippen LogP contribution in [0.25, 0.3) is 0 Å². The Morgan fingerprint density at radius 3 is 2.76 bits per heavy atom. The molecule has 0 aliphatic carbocycles. The van der Waals surface area contributed by atoms with Crippen LogP contribution in [0.1, 0.15) is 29.6 Å². The molecule has 1 heterocycles. The Balaban J connectivity index is 2.00. The van der Waals surface area contributed by atoms with Crippen LogP contribution >= 0.6 is 11.6 Å². The topological polar surface area (TPSA) is 48.2 Å². The van der Waals surface area contributed by atoms with Gasteiger partial charge in [-0.15, -0.1) is 21.8 Å². The molecule has 2 rings (SSSR count). The molecule has 5 heteroatoms. The zero-order valence-corrected chi connectivity index (χ0v) is 10.4. The largest absolute Gasteiger partial charge is 0.484 e. The summed E-state index contributed by atoms with van der Waals surface area (Å²) in [5, 5.41) is 7.40. The molecule has 0 spiro atoms. The molecule has 0 saturated heterocycles. The minimum absolute atomic E-state index is 0.251. The first-order valence-corrected chi connectivity index (χ1v) is 5.75. The minimum Gasteiger partial charge on any atom is -0.484 e. The Hall–Kier alpha value is -1.55. The fraction of sp³-hybridized carbons (Fsp3) is 0.333. The second kappa shape index (κ2) is 5.19. The van der Waals surface area contributed by atoms with E-state index >= 15 is 0 Å². The summed E-state index contributed by atoms with van der Waals surface area (Å²) in [5.41, 5.74) is 1.07. The van der Waals surface area contributed by atoms with Gasteiger partial charge in [0.05, 0.1) is 0 Å². The summed E-state index contributed by atoms with van der Waals surface area (Å²) in [5.74, 6) is 1.65. The summed E-state index contributed by atoms with van der Waals surface area (Å²) in [7, 11) is 0. The van der Waals surface area contributed by atoms with E-state index in [1.165, 1.54) is 0 Å². The van der Waals surface area contributed by atoms with Crippen LogP contribution in [0.3, 0.4) is 0 Å². The van der Waals surface area contributed by atoms with Gasteiger partial charge < -0.3 is 9.15 Å². The van der Waals surface area contributed by atoms with E-state index in [9.17, 15) is 0 Å². The Labute approximate surface area is 105 Å². The normalized spacial score (nSPS) is 12.4. The number of nitrogens with zero attached hydrogens (tertiary/aromatic N) is 2. The van der Waals surface area contributed by atoms with Crippen molar-refractivity contribution < 1.29 is 9.15 Å². The molecule has 0 aliphatic rings. The highest BCUT2D eigenvalue weighted by Crippen LogP contribution is 2.20. The summed E-state index contributed by atoms with van der Waals surface area (Å²) in [6.07, 6.45) is 0. The highest BCUT2D eigenvalue weighted by Gasteiger charge is 2.11. The number of hydrogen-bond donors (Lipinski definition) is 0. The van der Waals surface area contributed by atoms with E-state index in [1.807, 2.05) is 31.2 Å². The standard InChI is InChI=1S/C12H13ClN2O2/c1-8-5-3-4-6-10(8)16-7-11-14-15-12(17-11)9(2)13/h3-6,9H,7H2,1-2H3. The van der Waals surface area contributed by atoms with E-state index in [0.29, 0.717) is 11.8 Å². The predicted octanol–water partition coefficient (Wildman–Crippen LogP) is 3.26. The van der Waals surface area contributed by atoms with E-state index in [1.54, 1.807) is 6.92 Å². The van der Waals surface area contributed by atoms with Crippen molar-refractivity contribution >= 4 is 11.6 Å². The molecule has 4 nitrogen and oxygen atoms in total. The number of para-hydroxylation sites is 1. The minimum atomic E-state index is -0.283. The van der Waals surface area contributed by atoms with Crippen molar-refractivity contribution in [2.45, 2.75) is 25.8 Å². The average Bonchev–Trinajstić information content (AvgIpc) is 2.77. The maximum Gasteiger partial charge on any atom is 0.253 e. The Morgan fingerprint density at radius 1 is 1.35 bits per heavy atom. The molecule has 0 N–H and O–H groups in total. The number of halogens is 1. The van der Waals surface area contributed by atoms with Crippen LogP contribution in [0.2, 0.25) is 0 Å². The van der Waals surface area contributed by atoms with Crippen molar-refractivity contribution in [3.8, 4) is 5.75 Å². The monoisotopic (exact) mass is 252 g/mol. The molecule has 0 radical (unpaired) electrons. The third-order valence-electron chi connectivity index (χ3n) is 2.27. The molecular formula is C12H13ClN2O2. The highest BCUT2D eigenvalue weighted by atomic mass is 35.5. The lowest BCUT2D eigenvalue weighted by Gasteiger charge is -2.05. The number of benzene rings is 1. The third-order valence-corrected chi connectivity index (χ3v) is 2.45. The Morgan fingerprint density at radius 2 is 2.12 bits per heavy atom. The van der Waals surface area contributed by atoms with E-state index in [0.717, 1.165) is 11.3 Å². The van der Waals surface area contributed by atoms with Gasteiger partial charge in [0.1, 0.15) is 11.1 Å². The van der Waals surface area contributed by atoms with E-state index in [4.69, 9.17) is 20.8 Å². The van der Waals surface area contributed by atoms with Gasteiger partial charge in [0.25, 0.3) is 5.89 Å². The summed E-state index contributed by atoms with van der Waals surface area (Å²) < 4.78 is 10.9. The van der Waals surface area contributed by atoms with Gasteiger partial charge in [-0.3, -0.25) is 0 Å². The van der Waals surface area contributed by atoms with Crippen LogP contribution in [0.15, 0.2) is 28.7 Å². The first-order chi connectivity index (χ1) is 8.16. The van der Waals surface area contributed by atoms with Crippen LogP contribution in [0.4, 0.5) is 0 Å². The number of hydrogen-bond acceptors (Lipinski definition) is 4. The zero-order chi connectivity index (χ0) is 12.3. The van der Waals surface area contributed by atoms with Crippen molar-refractivity contribution in [1.82, 2.24) is 10.2 Å². The third kappa shape index (κ3) is 2.97. The zero-order valence-electron chi connectivity index (χ0n) is 9.68. The van der Waals surface area contributed by atoms with Gasteiger partial charge in [-0.2, -0.15) is 0 Å². The number of rotatable bonds is 4. The van der Waals surface area contributed by atoms with Crippen LogP contribution < -0.4 is 4.74 Å². The Bertz CT molecular complexity index is 497. The fourth-order valence-electron chi connectivity index (χ4n) is 1.34. The fourth-order valence-corrected chi connectivity index (χ4v) is 1.43. The van der Waals surface area contributed by atoms with Crippen LogP contribution in [-0.2, 0) is 6.61 Å². The van der Waals surface area contributed by atoms with Gasteiger partial charge in [-0.05, 0) is 25.5 Å². The first-order valence-electron chi connectivity index (χ1n) is 5.31. The van der Waals surface area contributed by atoms with Crippen molar-refractivity contribution in [2.75, 3.05) is 0 Å². The number of aryl methyl sites for hydroxylation is 1. The van der Waals surface area contributed by atoms with Crippen LogP contribution in [-0.4, -0.2) is 10.2 Å². The quantitative estimate of drug-likeness (QED) is 0.784. The first kappa shape index (κ1) is 11.9. The smallest absolute Gasteiger partial charge is 0.253 e. The summed E-state index contributed by atoms with van der Waals surface area (Å²) in [4.78, 5) is 0. The molecule has 90 valence electrons. The molecule has 0 bridgehead atoms. The lowest BCUT2D eigenvalue weighted by atomic mass is 10.2. The Kier molecular flexibility index (Phi) is 3.64. The van der Waals surface area contributed by atoms with Crippen LogP contribution in [0, 0.1) is 6.92 Å². The van der Waals surface area contributed by atoms with E-state index < -0.39 is 0 Å². The molecule has 1 aromatic carbocycles. The van der Waals surface area contributed by atoms with Crippen molar-refractivity contribution in [3.05, 3.63) is 41.6 Å². The molecule has 1 atom stereocenters. The molecule has 0 saturated carbocycles. The maximum absolute atomic E-state index is 5.82. The molecular weight excluding hydrogens is 240 g/mol. The van der Waals surface area contributed by atoms with Gasteiger partial charge in [-0.1, -0.05) is 18.2 Å². The summed E-state index contributed by atoms with van der Waals surface area (Å²) >= 11 is 5.82. The van der Waals surface area contributed by atoms with Crippen molar-refractivity contribution in [2.24, 2.45) is 0 Å². The molecule has 0 aliphatic heterocycles. The van der Waals surface area contributed by atoms with Crippen molar-refractivity contribution in [1.29, 1.82) is 0 Å². The van der Waals surface area contributed by atoms with Gasteiger partial charge >= 0.3 is 0 Å². The van der Waals surface area contributed by atoms with Crippen molar-refractivity contribution in [3.63, 3.8) is 0 Å². The van der Waals surface area contributed by atoms with Gasteiger partial charge in [0.2, 0.25) is 5.89 Å². The average molecular weight is 253 g/mol. The second-order valence-electron chi connectivity index (χ2n) is 3.70. The SMILES string of the molecule is Cc1ccccc1OCc1nnc(C(C)Cl)o1. The van der Waals surface area contributed by atoms with E-state index in [2.05, 4.69) is 10.2 Å². The lowest BCUT2D eigenvalue weighted by Crippen LogP contribution is -1.97. The number of alkyl halides is 1. The molecule has 17 heavy (non-hydrogen) atoms. The maximum atomic E-state index is 5.82. The molecule has 2 aromatic rings. The molecule has 0 amide bonds. The number of aromatic nitrogens is 2. The second-order valence-corrected chi connectivity index (χ2v) is 4.36. The predicted molar refractivity (Wildman–Crippen MR) is 64.1 cm³/mol.